The number of carbonyl (C=O) groups excluding carboxylic acids is 1. The number of likely N-dealkylation sites (tertiary alicyclic amines) is 1. The highest BCUT2D eigenvalue weighted by molar-refractivity contribution is 7.90. The van der Waals surface area contributed by atoms with Gasteiger partial charge in [-0.1, -0.05) is 19.8 Å². The van der Waals surface area contributed by atoms with Gasteiger partial charge in [0.2, 0.25) is 0 Å². The molecule has 3 aromatic rings. The summed E-state index contributed by atoms with van der Waals surface area (Å²) >= 11 is 0. The van der Waals surface area contributed by atoms with Crippen molar-refractivity contribution >= 4 is 33.8 Å². The number of benzene rings is 1. The number of halogens is 2. The minimum Gasteiger partial charge on any atom is -0.335 e. The molecule has 1 amide bonds. The van der Waals surface area contributed by atoms with Crippen molar-refractivity contribution < 1.29 is 17.6 Å². The molecule has 1 aromatic carbocycles. The summed E-state index contributed by atoms with van der Waals surface area (Å²) in [5, 5.41) is 4.49. The predicted octanol–water partition coefficient (Wildman–Crippen LogP) is 4.33. The molecule has 1 saturated heterocycles. The average molecular weight is 495 g/mol. The molecule has 2 aromatic heterocycles. The van der Waals surface area contributed by atoms with Gasteiger partial charge in [-0.15, -0.1) is 12.4 Å². The van der Waals surface area contributed by atoms with Gasteiger partial charge in [0, 0.05) is 36.2 Å². The predicted molar refractivity (Wildman–Crippen MR) is 127 cm³/mol. The summed E-state index contributed by atoms with van der Waals surface area (Å²) < 4.78 is 39.7. The van der Waals surface area contributed by atoms with Gasteiger partial charge in [-0.2, -0.15) is 5.10 Å². The summed E-state index contributed by atoms with van der Waals surface area (Å²) in [5.74, 6) is -0.771. The number of aryl methyl sites for hydroxylation is 1. The second-order valence-corrected chi connectivity index (χ2v) is 10.4. The topological polar surface area (TPSA) is 84.6 Å². The van der Waals surface area contributed by atoms with Crippen LogP contribution in [0.2, 0.25) is 0 Å². The number of aromatic nitrogens is 3. The van der Waals surface area contributed by atoms with E-state index in [2.05, 4.69) is 17.0 Å². The molecule has 7 nitrogen and oxygen atoms in total. The summed E-state index contributed by atoms with van der Waals surface area (Å²) in [5.41, 5.74) is 2.12. The molecule has 1 aliphatic rings. The van der Waals surface area contributed by atoms with Gasteiger partial charge in [-0.3, -0.25) is 4.79 Å². The van der Waals surface area contributed by atoms with Gasteiger partial charge < -0.3 is 4.90 Å². The van der Waals surface area contributed by atoms with Crippen molar-refractivity contribution in [3.05, 3.63) is 47.5 Å². The van der Waals surface area contributed by atoms with Crippen LogP contribution in [0.5, 0.6) is 0 Å². The molecule has 10 heteroatoms. The summed E-state index contributed by atoms with van der Waals surface area (Å²) in [7, 11) is -3.51. The third-order valence-corrected chi connectivity index (χ3v) is 7.15. The standard InChI is InChI=1S/C23H27FN4O3S.ClH/c1-4-16-12-21(23(29)27-11-7-5-6-8-15(27)2)25-22-14-20(26-28(16)22)18-10-9-17(13-19(18)24)32(3,30)31;/h9-10,12-15H,4-8,11H2,1-3H3;1H. The number of hydrogen-bond donors (Lipinski definition) is 0. The van der Waals surface area contributed by atoms with Crippen LogP contribution in [-0.2, 0) is 16.3 Å². The molecule has 0 bridgehead atoms. The van der Waals surface area contributed by atoms with Crippen molar-refractivity contribution in [2.45, 2.75) is 56.9 Å². The Labute approximate surface area is 199 Å². The first-order valence-electron chi connectivity index (χ1n) is 10.9. The zero-order valence-electron chi connectivity index (χ0n) is 18.9. The van der Waals surface area contributed by atoms with Crippen molar-refractivity contribution in [2.24, 2.45) is 0 Å². The van der Waals surface area contributed by atoms with Crippen molar-refractivity contribution in [3.63, 3.8) is 0 Å². The summed E-state index contributed by atoms with van der Waals surface area (Å²) in [6, 6.07) is 7.31. The van der Waals surface area contributed by atoms with E-state index in [9.17, 15) is 17.6 Å². The third-order valence-electron chi connectivity index (χ3n) is 6.04. The quantitative estimate of drug-likeness (QED) is 0.539. The Kier molecular flexibility index (Phi) is 7.43. The van der Waals surface area contributed by atoms with Crippen molar-refractivity contribution in [1.82, 2.24) is 19.5 Å². The van der Waals surface area contributed by atoms with Crippen molar-refractivity contribution in [3.8, 4) is 11.3 Å². The Hall–Kier alpha value is -2.52. The van der Waals surface area contributed by atoms with Crippen LogP contribution in [0.4, 0.5) is 4.39 Å². The SMILES string of the molecule is CCc1cc(C(=O)N2CCCCCC2C)nc2cc(-c3ccc(S(C)(=O)=O)cc3F)nn12.Cl. The largest absolute Gasteiger partial charge is 0.335 e. The van der Waals surface area contributed by atoms with Gasteiger partial charge in [0.1, 0.15) is 11.5 Å². The molecular formula is C23H28ClFN4O3S. The molecule has 178 valence electrons. The monoisotopic (exact) mass is 494 g/mol. The number of carbonyl (C=O) groups is 1. The number of sulfone groups is 1. The first-order chi connectivity index (χ1) is 15.2. The second kappa shape index (κ2) is 9.77. The van der Waals surface area contributed by atoms with Crippen LogP contribution >= 0.6 is 12.4 Å². The van der Waals surface area contributed by atoms with E-state index in [1.807, 2.05) is 11.8 Å². The third kappa shape index (κ3) is 5.04. The van der Waals surface area contributed by atoms with Crippen LogP contribution in [0.3, 0.4) is 0 Å². The Bertz CT molecular complexity index is 1290. The van der Waals surface area contributed by atoms with Crippen LogP contribution in [0.25, 0.3) is 16.9 Å². The number of hydrogen-bond acceptors (Lipinski definition) is 5. The zero-order chi connectivity index (χ0) is 23.0. The maximum Gasteiger partial charge on any atom is 0.272 e. The van der Waals surface area contributed by atoms with Crippen molar-refractivity contribution in [1.29, 1.82) is 0 Å². The Morgan fingerprint density at radius 3 is 2.61 bits per heavy atom. The molecule has 1 unspecified atom stereocenters. The normalized spacial score (nSPS) is 17.0. The minimum absolute atomic E-state index is 0. The smallest absolute Gasteiger partial charge is 0.272 e. The lowest BCUT2D eigenvalue weighted by Gasteiger charge is -2.27. The highest BCUT2D eigenvalue weighted by Crippen LogP contribution is 2.26. The summed E-state index contributed by atoms with van der Waals surface area (Å²) in [4.78, 5) is 19.6. The van der Waals surface area contributed by atoms with Gasteiger partial charge in [0.15, 0.2) is 15.5 Å². The van der Waals surface area contributed by atoms with Gasteiger partial charge in [0.25, 0.3) is 5.91 Å². The number of amides is 1. The molecule has 1 aliphatic heterocycles. The molecule has 33 heavy (non-hydrogen) atoms. The molecule has 1 atom stereocenters. The molecule has 0 N–H and O–H groups in total. The fourth-order valence-corrected chi connectivity index (χ4v) is 4.82. The van der Waals surface area contributed by atoms with E-state index in [4.69, 9.17) is 0 Å². The van der Waals surface area contributed by atoms with Gasteiger partial charge in [0.05, 0.1) is 10.6 Å². The number of fused-ring (bicyclic) bond motifs is 1. The van der Waals surface area contributed by atoms with Gasteiger partial charge >= 0.3 is 0 Å². The Morgan fingerprint density at radius 1 is 1.18 bits per heavy atom. The van der Waals surface area contributed by atoms with Crippen LogP contribution in [-0.4, -0.2) is 52.7 Å². The fourth-order valence-electron chi connectivity index (χ4n) is 4.19. The number of nitrogens with zero attached hydrogens (tertiary/aromatic N) is 4. The first kappa shape index (κ1) is 25.1. The number of rotatable bonds is 4. The highest BCUT2D eigenvalue weighted by atomic mass is 35.5. The zero-order valence-corrected chi connectivity index (χ0v) is 20.5. The second-order valence-electron chi connectivity index (χ2n) is 8.40. The van der Waals surface area contributed by atoms with Crippen LogP contribution in [0, 0.1) is 5.82 Å². The lowest BCUT2D eigenvalue weighted by molar-refractivity contribution is 0.0692. The van der Waals surface area contributed by atoms with E-state index in [-0.39, 0.29) is 34.8 Å². The molecule has 0 radical (unpaired) electrons. The molecular weight excluding hydrogens is 467 g/mol. The molecule has 4 rings (SSSR count). The van der Waals surface area contributed by atoms with Crippen molar-refractivity contribution in [2.75, 3.05) is 12.8 Å². The average Bonchev–Trinajstić information content (AvgIpc) is 3.06. The first-order valence-corrected chi connectivity index (χ1v) is 12.8. The molecule has 0 saturated carbocycles. The van der Waals surface area contributed by atoms with E-state index in [0.29, 0.717) is 23.5 Å². The summed E-state index contributed by atoms with van der Waals surface area (Å²) in [6.45, 7) is 4.75. The summed E-state index contributed by atoms with van der Waals surface area (Å²) in [6.07, 6.45) is 5.86. The molecule has 1 fully saturated rings. The Morgan fingerprint density at radius 2 is 1.94 bits per heavy atom. The van der Waals surface area contributed by atoms with E-state index >= 15 is 0 Å². The van der Waals surface area contributed by atoms with E-state index < -0.39 is 15.7 Å². The lowest BCUT2D eigenvalue weighted by atomic mass is 10.1. The van der Waals surface area contributed by atoms with E-state index in [1.165, 1.54) is 12.1 Å². The highest BCUT2D eigenvalue weighted by Gasteiger charge is 2.25. The maximum atomic E-state index is 14.7. The Balaban J connectivity index is 0.00000306. The van der Waals surface area contributed by atoms with Gasteiger partial charge in [-0.05, 0) is 50.5 Å². The fraction of sp³-hybridized carbons (Fsp3) is 0.435. The lowest BCUT2D eigenvalue weighted by Crippen LogP contribution is -2.38. The minimum atomic E-state index is -3.51. The van der Waals surface area contributed by atoms with Crippen LogP contribution in [0.1, 0.15) is 55.7 Å². The maximum absolute atomic E-state index is 14.7. The van der Waals surface area contributed by atoms with Crippen LogP contribution < -0.4 is 0 Å². The van der Waals surface area contributed by atoms with E-state index in [0.717, 1.165) is 50.2 Å². The molecule has 3 heterocycles. The van der Waals surface area contributed by atoms with E-state index in [1.54, 1.807) is 16.6 Å². The van der Waals surface area contributed by atoms with Crippen LogP contribution in [0.15, 0.2) is 35.2 Å². The molecule has 0 aliphatic carbocycles. The van der Waals surface area contributed by atoms with Gasteiger partial charge in [-0.25, -0.2) is 22.3 Å². The molecule has 0 spiro atoms.